The second-order valence-corrected chi connectivity index (χ2v) is 9.46. The van der Waals surface area contributed by atoms with Gasteiger partial charge in [-0.3, -0.25) is 9.59 Å². The Kier molecular flexibility index (Phi) is 8.26. The van der Waals surface area contributed by atoms with Crippen LogP contribution in [0.5, 0.6) is 0 Å². The van der Waals surface area contributed by atoms with Crippen molar-refractivity contribution in [2.45, 2.75) is 32.2 Å². The molecule has 0 aromatic heterocycles. The van der Waals surface area contributed by atoms with Crippen LogP contribution in [0.25, 0.3) is 0 Å². The van der Waals surface area contributed by atoms with Gasteiger partial charge in [0.2, 0.25) is 5.91 Å². The Hall–Kier alpha value is -3.80. The molecule has 36 heavy (non-hydrogen) atoms. The maximum atomic E-state index is 13.5. The fourth-order valence-electron chi connectivity index (χ4n) is 4.97. The van der Waals surface area contributed by atoms with E-state index in [4.69, 9.17) is 5.73 Å². The molecule has 0 bridgehead atoms. The van der Waals surface area contributed by atoms with Crippen LogP contribution in [-0.4, -0.2) is 54.8 Å². The zero-order valence-corrected chi connectivity index (χ0v) is 21.3. The Labute approximate surface area is 214 Å². The maximum absolute atomic E-state index is 13.5. The highest BCUT2D eigenvalue weighted by molar-refractivity contribution is 6.00. The summed E-state index contributed by atoms with van der Waals surface area (Å²) in [5.41, 5.74) is 10.3. The summed E-state index contributed by atoms with van der Waals surface area (Å²) in [6.45, 7) is 5.37. The number of hydrogen-bond donors (Lipinski definition) is 1. The second kappa shape index (κ2) is 11.8. The summed E-state index contributed by atoms with van der Waals surface area (Å²) in [7, 11) is 1.82. The lowest BCUT2D eigenvalue weighted by Crippen LogP contribution is -2.38. The second-order valence-electron chi connectivity index (χ2n) is 9.46. The lowest BCUT2D eigenvalue weighted by molar-refractivity contribution is -0.132. The molecule has 1 aliphatic heterocycles. The van der Waals surface area contributed by atoms with Crippen molar-refractivity contribution in [2.24, 2.45) is 0 Å². The minimum Gasteiger partial charge on any atom is -0.399 e. The lowest BCUT2D eigenvalue weighted by atomic mass is 9.95. The van der Waals surface area contributed by atoms with Gasteiger partial charge in [-0.05, 0) is 42.2 Å². The van der Waals surface area contributed by atoms with Gasteiger partial charge in [0.05, 0.1) is 11.5 Å². The van der Waals surface area contributed by atoms with E-state index >= 15 is 0 Å². The molecule has 0 saturated carbocycles. The van der Waals surface area contributed by atoms with Crippen molar-refractivity contribution in [1.82, 2.24) is 9.80 Å². The van der Waals surface area contributed by atoms with E-state index in [1.165, 1.54) is 0 Å². The molecule has 3 aromatic carbocycles. The number of hydrogen-bond acceptors (Lipinski definition) is 4. The van der Waals surface area contributed by atoms with Crippen LogP contribution < -0.4 is 10.6 Å². The van der Waals surface area contributed by atoms with Crippen molar-refractivity contribution in [3.05, 3.63) is 95.6 Å². The van der Waals surface area contributed by atoms with Crippen molar-refractivity contribution < 1.29 is 9.59 Å². The van der Waals surface area contributed by atoms with Gasteiger partial charge in [0.1, 0.15) is 0 Å². The Balaban J connectivity index is 1.49. The molecule has 188 valence electrons. The quantitative estimate of drug-likeness (QED) is 0.490. The molecule has 6 nitrogen and oxygen atoms in total. The number of rotatable bonds is 7. The van der Waals surface area contributed by atoms with Crippen LogP contribution in [0.2, 0.25) is 0 Å². The first-order chi connectivity index (χ1) is 17.5. The van der Waals surface area contributed by atoms with Gasteiger partial charge in [0.25, 0.3) is 5.91 Å². The highest BCUT2D eigenvalue weighted by Crippen LogP contribution is 2.28. The number of nitrogen functional groups attached to an aromatic ring is 1. The molecule has 4 rings (SSSR count). The summed E-state index contributed by atoms with van der Waals surface area (Å²) in [5, 5.41) is 0. The number of benzene rings is 3. The van der Waals surface area contributed by atoms with E-state index in [2.05, 4.69) is 11.8 Å². The fourth-order valence-corrected chi connectivity index (χ4v) is 4.97. The molecule has 1 atom stereocenters. The molecule has 1 aliphatic rings. The Morgan fingerprint density at radius 2 is 1.61 bits per heavy atom. The zero-order chi connectivity index (χ0) is 25.5. The maximum Gasteiger partial charge on any atom is 0.256 e. The predicted molar refractivity (Wildman–Crippen MR) is 146 cm³/mol. The SMILES string of the molecule is CCC(C(=O)N1CCCN(c2ccc(N)cc2C(=O)N(C)Cc2ccccc2)CC1)c1ccccc1. The Morgan fingerprint density at radius 1 is 0.917 bits per heavy atom. The van der Waals surface area contributed by atoms with Crippen molar-refractivity contribution in [3.8, 4) is 0 Å². The first kappa shape index (κ1) is 25.3. The molecule has 2 N–H and O–H groups in total. The third kappa shape index (κ3) is 5.88. The predicted octanol–water partition coefficient (Wildman–Crippen LogP) is 4.77. The van der Waals surface area contributed by atoms with Crippen LogP contribution in [0.15, 0.2) is 78.9 Å². The Morgan fingerprint density at radius 3 is 2.31 bits per heavy atom. The number of nitrogens with two attached hydrogens (primary N) is 1. The molecular weight excluding hydrogens is 448 g/mol. The van der Waals surface area contributed by atoms with E-state index in [9.17, 15) is 9.59 Å². The molecule has 2 amide bonds. The van der Waals surface area contributed by atoms with Crippen LogP contribution in [0.3, 0.4) is 0 Å². The topological polar surface area (TPSA) is 69.9 Å². The van der Waals surface area contributed by atoms with Crippen molar-refractivity contribution in [2.75, 3.05) is 43.9 Å². The summed E-state index contributed by atoms with van der Waals surface area (Å²) in [6, 6.07) is 25.5. The summed E-state index contributed by atoms with van der Waals surface area (Å²) in [4.78, 5) is 32.9. The van der Waals surface area contributed by atoms with Crippen LogP contribution >= 0.6 is 0 Å². The third-order valence-electron chi connectivity index (χ3n) is 6.92. The van der Waals surface area contributed by atoms with Crippen molar-refractivity contribution in [1.29, 1.82) is 0 Å². The summed E-state index contributed by atoms with van der Waals surface area (Å²) >= 11 is 0. The number of amides is 2. The number of carbonyl (C=O) groups excluding carboxylic acids is 2. The molecule has 3 aromatic rings. The number of anilines is 2. The minimum absolute atomic E-state index is 0.0616. The molecule has 6 heteroatoms. The first-order valence-corrected chi connectivity index (χ1v) is 12.8. The molecule has 0 aliphatic carbocycles. The molecule has 1 unspecified atom stereocenters. The summed E-state index contributed by atoms with van der Waals surface area (Å²) < 4.78 is 0. The van der Waals surface area contributed by atoms with Gasteiger partial charge >= 0.3 is 0 Å². The summed E-state index contributed by atoms with van der Waals surface area (Å²) in [5.74, 6) is -0.00624. The van der Waals surface area contributed by atoms with Gasteiger partial charge in [0, 0.05) is 51.1 Å². The van der Waals surface area contributed by atoms with E-state index in [1.807, 2.05) is 84.7 Å². The first-order valence-electron chi connectivity index (χ1n) is 12.8. The van der Waals surface area contributed by atoms with Gasteiger partial charge in [-0.15, -0.1) is 0 Å². The molecule has 1 saturated heterocycles. The van der Waals surface area contributed by atoms with E-state index in [0.717, 1.165) is 36.2 Å². The molecular formula is C30H36N4O2. The van der Waals surface area contributed by atoms with Gasteiger partial charge < -0.3 is 20.4 Å². The van der Waals surface area contributed by atoms with Gasteiger partial charge in [-0.25, -0.2) is 0 Å². The van der Waals surface area contributed by atoms with Gasteiger partial charge in [0.15, 0.2) is 0 Å². The van der Waals surface area contributed by atoms with Crippen LogP contribution in [0, 0.1) is 0 Å². The monoisotopic (exact) mass is 484 g/mol. The highest BCUT2D eigenvalue weighted by atomic mass is 16.2. The van der Waals surface area contributed by atoms with E-state index < -0.39 is 0 Å². The van der Waals surface area contributed by atoms with Crippen LogP contribution in [0.1, 0.15) is 47.2 Å². The van der Waals surface area contributed by atoms with Gasteiger partial charge in [-0.2, -0.15) is 0 Å². The molecule has 1 fully saturated rings. The molecule has 1 heterocycles. The molecule has 0 spiro atoms. The van der Waals surface area contributed by atoms with E-state index in [0.29, 0.717) is 37.4 Å². The van der Waals surface area contributed by atoms with Crippen molar-refractivity contribution >= 4 is 23.2 Å². The molecule has 0 radical (unpaired) electrons. The highest BCUT2D eigenvalue weighted by Gasteiger charge is 2.28. The van der Waals surface area contributed by atoms with E-state index in [-0.39, 0.29) is 17.7 Å². The third-order valence-corrected chi connectivity index (χ3v) is 6.92. The van der Waals surface area contributed by atoms with Crippen LogP contribution in [-0.2, 0) is 11.3 Å². The van der Waals surface area contributed by atoms with Crippen molar-refractivity contribution in [3.63, 3.8) is 0 Å². The van der Waals surface area contributed by atoms with E-state index in [1.54, 1.807) is 11.0 Å². The average molecular weight is 485 g/mol. The number of nitrogens with zero attached hydrogens (tertiary/aromatic N) is 3. The minimum atomic E-state index is -0.127. The lowest BCUT2D eigenvalue weighted by Gasteiger charge is -2.28. The standard InChI is InChI=1S/C30H36N4O2/c1-3-26(24-13-8-5-9-14-24)30(36)34-18-10-17-33(19-20-34)28-16-15-25(31)21-27(28)29(35)32(2)22-23-11-6-4-7-12-23/h4-9,11-16,21,26H,3,10,17-20,22,31H2,1-2H3. The largest absolute Gasteiger partial charge is 0.399 e. The smallest absolute Gasteiger partial charge is 0.256 e. The van der Waals surface area contributed by atoms with Gasteiger partial charge in [-0.1, -0.05) is 67.6 Å². The fraction of sp³-hybridized carbons (Fsp3) is 0.333. The normalized spacial score (nSPS) is 14.7. The van der Waals surface area contributed by atoms with Crippen LogP contribution in [0.4, 0.5) is 11.4 Å². The average Bonchev–Trinajstić information content (AvgIpc) is 3.16. The zero-order valence-electron chi connectivity index (χ0n) is 21.3. The Bertz CT molecular complexity index is 1170. The number of carbonyl (C=O) groups is 2. The summed E-state index contributed by atoms with van der Waals surface area (Å²) in [6.07, 6.45) is 1.61.